The molecule has 0 N–H and O–H groups in total. The van der Waals surface area contributed by atoms with Gasteiger partial charge in [0, 0.05) is 0 Å². The van der Waals surface area contributed by atoms with Gasteiger partial charge in [-0.05, 0) is 129 Å². The van der Waals surface area contributed by atoms with Crippen molar-refractivity contribution >= 4 is 23.8 Å². The zero-order valence-corrected chi connectivity index (χ0v) is 24.0. The first kappa shape index (κ1) is 25.9. The summed E-state index contributed by atoms with van der Waals surface area (Å²) >= 11 is 0. The van der Waals surface area contributed by atoms with Gasteiger partial charge in [-0.15, -0.1) is 0 Å². The Kier molecular flexibility index (Phi) is 10.9. The molecule has 3 aliphatic rings. The first-order valence-electron chi connectivity index (χ1n) is 13.9. The topological polar surface area (TPSA) is 0 Å². The third kappa shape index (κ3) is 5.67. The minimum Gasteiger partial charge on any atom is -0.0997 e. The average molecular weight is 471 g/mol. The second-order valence-corrected chi connectivity index (χ2v) is 19.4. The van der Waals surface area contributed by atoms with Crippen LogP contribution in [0.15, 0.2) is 0 Å². The molecule has 0 aliphatic carbocycles. The van der Waals surface area contributed by atoms with Crippen molar-refractivity contribution < 1.29 is 0 Å². The van der Waals surface area contributed by atoms with Gasteiger partial charge in [-0.25, -0.2) is 0 Å². The van der Waals surface area contributed by atoms with Crippen LogP contribution in [-0.4, -0.2) is 51.9 Å². The molecular weight excluding hydrogens is 417 g/mol. The Balaban J connectivity index is 1.86. The summed E-state index contributed by atoms with van der Waals surface area (Å²) in [5, 5.41) is 0. The second-order valence-electron chi connectivity index (χ2n) is 10.6. The van der Waals surface area contributed by atoms with Crippen LogP contribution in [0.4, 0.5) is 0 Å². The van der Waals surface area contributed by atoms with Crippen molar-refractivity contribution in [2.24, 2.45) is 0 Å². The Morgan fingerprint density at radius 1 is 0.467 bits per heavy atom. The maximum Gasteiger partial charge on any atom is -0.0125 e. The van der Waals surface area contributed by atoms with Crippen molar-refractivity contribution in [2.45, 2.75) is 158 Å². The normalized spacial score (nSPS) is 36.5. The molecular formula is C27H53P3. The van der Waals surface area contributed by atoms with Crippen LogP contribution >= 0.6 is 23.8 Å². The maximum absolute atomic E-state index is 2.53. The van der Waals surface area contributed by atoms with Crippen LogP contribution in [0.3, 0.4) is 0 Å². The summed E-state index contributed by atoms with van der Waals surface area (Å²) < 4.78 is 0. The molecule has 3 saturated heterocycles. The van der Waals surface area contributed by atoms with Gasteiger partial charge in [0.15, 0.2) is 0 Å². The Hall–Kier alpha value is 1.29. The lowest BCUT2D eigenvalue weighted by molar-refractivity contribution is 0.696. The van der Waals surface area contributed by atoms with Crippen LogP contribution in [0, 0.1) is 0 Å². The molecule has 0 aromatic carbocycles. The lowest BCUT2D eigenvalue weighted by Gasteiger charge is -2.40. The molecule has 0 aromatic rings. The van der Waals surface area contributed by atoms with E-state index in [0.29, 0.717) is 15.8 Å². The molecule has 3 fully saturated rings. The quantitative estimate of drug-likeness (QED) is 0.264. The smallest absolute Gasteiger partial charge is 0.0125 e. The summed E-state index contributed by atoms with van der Waals surface area (Å²) in [4.78, 5) is 0. The maximum atomic E-state index is 2.53. The number of hydrogen-bond acceptors (Lipinski definition) is 0. The van der Waals surface area contributed by atoms with Gasteiger partial charge in [-0.1, -0.05) is 65.3 Å². The molecule has 3 heterocycles. The van der Waals surface area contributed by atoms with Crippen LogP contribution in [0.1, 0.15) is 119 Å². The number of rotatable bonds is 11. The molecule has 30 heavy (non-hydrogen) atoms. The highest BCUT2D eigenvalue weighted by molar-refractivity contribution is 7.66. The lowest BCUT2D eigenvalue weighted by atomic mass is 10.1. The highest BCUT2D eigenvalue weighted by Crippen LogP contribution is 2.70. The van der Waals surface area contributed by atoms with E-state index in [4.69, 9.17) is 0 Å². The molecule has 0 nitrogen and oxygen atoms in total. The molecule has 0 bridgehead atoms. The Morgan fingerprint density at radius 2 is 0.733 bits per heavy atom. The molecule has 0 unspecified atom stereocenters. The molecule has 0 aromatic heterocycles. The molecule has 0 amide bonds. The highest BCUT2D eigenvalue weighted by Gasteiger charge is 2.45. The third-order valence-corrected chi connectivity index (χ3v) is 22.0. The van der Waals surface area contributed by atoms with Gasteiger partial charge in [0.25, 0.3) is 0 Å². The molecule has 3 rings (SSSR count). The first-order chi connectivity index (χ1) is 14.6. The summed E-state index contributed by atoms with van der Waals surface area (Å²) in [6.45, 7) is 15.1. The predicted molar refractivity (Wildman–Crippen MR) is 146 cm³/mol. The van der Waals surface area contributed by atoms with Crippen LogP contribution in [-0.2, 0) is 0 Å². The van der Waals surface area contributed by atoms with Gasteiger partial charge >= 0.3 is 0 Å². The van der Waals surface area contributed by atoms with E-state index in [-0.39, 0.29) is 7.92 Å². The fraction of sp³-hybridized carbons (Fsp3) is 1.00. The van der Waals surface area contributed by atoms with E-state index >= 15 is 0 Å². The Morgan fingerprint density at radius 3 is 1.00 bits per heavy atom. The monoisotopic (exact) mass is 470 g/mol. The van der Waals surface area contributed by atoms with Crippen LogP contribution < -0.4 is 0 Å². The van der Waals surface area contributed by atoms with Gasteiger partial charge in [0.1, 0.15) is 0 Å². The standard InChI is InChI=1S/C27H53P3/c1-7-21-13-14-22(8-2)28(21)19-27(30-25(11-5)17-18-26(30)12-6)20-29-23(9-3)15-16-24(29)10-4/h21-27H,7-20H2,1-6H3/t21-,22-,23-,24-,25-,26-/m1/s1. The van der Waals surface area contributed by atoms with E-state index in [9.17, 15) is 0 Å². The van der Waals surface area contributed by atoms with E-state index in [2.05, 4.69) is 41.5 Å². The zero-order valence-electron chi connectivity index (χ0n) is 21.3. The fourth-order valence-electron chi connectivity index (χ4n) is 7.52. The zero-order chi connectivity index (χ0) is 21.7. The van der Waals surface area contributed by atoms with E-state index in [0.717, 1.165) is 39.6 Å². The van der Waals surface area contributed by atoms with Crippen LogP contribution in [0.25, 0.3) is 0 Å². The van der Waals surface area contributed by atoms with Crippen molar-refractivity contribution in [1.82, 2.24) is 0 Å². The minimum atomic E-state index is 0.268. The van der Waals surface area contributed by atoms with Crippen molar-refractivity contribution in [3.8, 4) is 0 Å². The summed E-state index contributed by atoms with van der Waals surface area (Å²) in [5.41, 5.74) is 7.85. The molecule has 0 saturated carbocycles. The van der Waals surface area contributed by atoms with E-state index in [1.807, 2.05) is 0 Å². The summed E-state index contributed by atoms with van der Waals surface area (Å²) in [5.74, 6) is 0. The average Bonchev–Trinajstić information content (AvgIpc) is 3.48. The highest BCUT2D eigenvalue weighted by atomic mass is 31.1. The summed E-state index contributed by atoms with van der Waals surface area (Å²) in [6, 6.07) is 0. The molecule has 3 heteroatoms. The minimum absolute atomic E-state index is 0.268. The van der Waals surface area contributed by atoms with Gasteiger partial charge in [-0.3, -0.25) is 0 Å². The fourth-order valence-corrected chi connectivity index (χ4v) is 21.3. The molecule has 0 spiro atoms. The van der Waals surface area contributed by atoms with Gasteiger partial charge < -0.3 is 0 Å². The van der Waals surface area contributed by atoms with Crippen molar-refractivity contribution in [1.29, 1.82) is 0 Å². The van der Waals surface area contributed by atoms with Gasteiger partial charge in [-0.2, -0.15) is 0 Å². The molecule has 6 atom stereocenters. The number of hydrogen-bond donors (Lipinski definition) is 0. The van der Waals surface area contributed by atoms with Crippen LogP contribution in [0.5, 0.6) is 0 Å². The Bertz CT molecular complexity index is 428. The molecule has 3 aliphatic heterocycles. The largest absolute Gasteiger partial charge is 0.0997 e. The van der Waals surface area contributed by atoms with E-state index in [1.165, 1.54) is 38.5 Å². The van der Waals surface area contributed by atoms with E-state index < -0.39 is 0 Å². The second kappa shape index (κ2) is 12.7. The molecule has 0 radical (unpaired) electrons. The van der Waals surface area contributed by atoms with Crippen LogP contribution in [0.2, 0.25) is 0 Å². The molecule has 176 valence electrons. The lowest BCUT2D eigenvalue weighted by Crippen LogP contribution is -2.26. The van der Waals surface area contributed by atoms with Gasteiger partial charge in [0.05, 0.1) is 0 Å². The predicted octanol–water partition coefficient (Wildman–Crippen LogP) is 9.85. The third-order valence-electron chi connectivity index (χ3n) is 9.31. The Labute approximate surface area is 194 Å². The van der Waals surface area contributed by atoms with Crippen molar-refractivity contribution in [3.05, 3.63) is 0 Å². The van der Waals surface area contributed by atoms with Gasteiger partial charge in [0.2, 0.25) is 0 Å². The van der Waals surface area contributed by atoms with Crippen molar-refractivity contribution in [3.63, 3.8) is 0 Å². The summed E-state index contributed by atoms with van der Waals surface area (Å²) in [6.07, 6.45) is 21.7. The summed E-state index contributed by atoms with van der Waals surface area (Å²) in [7, 11) is 0.855. The van der Waals surface area contributed by atoms with Crippen molar-refractivity contribution in [2.75, 3.05) is 12.3 Å². The SMILES string of the molecule is CC[C@@H]1CC[C@@H](CC)P1CC(CP1[C@H](CC)CC[C@H]1CC)P1[C@H](CC)CC[C@H]1CC. The first-order valence-corrected chi connectivity index (χ1v) is 18.8. The van der Waals surface area contributed by atoms with E-state index in [1.54, 1.807) is 50.8 Å².